The second-order valence-electron chi connectivity index (χ2n) is 5.03. The molecule has 0 atom stereocenters. The van der Waals surface area contributed by atoms with Gasteiger partial charge in [-0.1, -0.05) is 12.1 Å². The number of hydrogen-bond acceptors (Lipinski definition) is 3. The van der Waals surface area contributed by atoms with Crippen LogP contribution < -0.4 is 4.74 Å². The molecule has 21 heavy (non-hydrogen) atoms. The van der Waals surface area contributed by atoms with Crippen molar-refractivity contribution in [2.45, 2.75) is 31.7 Å². The first-order valence-corrected chi connectivity index (χ1v) is 7.76. The van der Waals surface area contributed by atoms with Crippen molar-refractivity contribution in [3.63, 3.8) is 0 Å². The number of carboxylic acids is 1. The summed E-state index contributed by atoms with van der Waals surface area (Å²) in [6.45, 7) is 0.231. The molecule has 1 fully saturated rings. The summed E-state index contributed by atoms with van der Waals surface area (Å²) in [4.78, 5) is 24.3. The van der Waals surface area contributed by atoms with Crippen molar-refractivity contribution >= 4 is 27.8 Å². The number of benzene rings is 1. The molecule has 0 bridgehead atoms. The van der Waals surface area contributed by atoms with Gasteiger partial charge in [0.1, 0.15) is 12.3 Å². The maximum atomic E-state index is 12.0. The number of halogens is 1. The van der Waals surface area contributed by atoms with Crippen molar-refractivity contribution in [1.82, 2.24) is 4.90 Å². The number of nitrogens with zero attached hydrogens (tertiary/aromatic N) is 1. The Kier molecular flexibility index (Phi) is 5.61. The van der Waals surface area contributed by atoms with E-state index in [0.29, 0.717) is 19.4 Å². The fourth-order valence-corrected chi connectivity index (χ4v) is 2.46. The van der Waals surface area contributed by atoms with E-state index in [-0.39, 0.29) is 18.5 Å². The molecule has 114 valence electrons. The standard InChI is InChI=1S/C15H18BrNO4/c16-12-4-1-2-5-13(12)21-9-3-6-14(18)17(10-15(19)20)11-7-8-11/h1-2,4-5,11H,3,6-10H2,(H,19,20). The minimum Gasteiger partial charge on any atom is -0.492 e. The SMILES string of the molecule is O=C(O)CN(C(=O)CCCOc1ccccc1Br)C1CC1. The van der Waals surface area contributed by atoms with Crippen molar-refractivity contribution in [2.75, 3.05) is 13.2 Å². The van der Waals surface area contributed by atoms with Crippen LogP contribution in [0.3, 0.4) is 0 Å². The summed E-state index contributed by atoms with van der Waals surface area (Å²) in [7, 11) is 0. The largest absolute Gasteiger partial charge is 0.492 e. The molecule has 1 aromatic rings. The highest BCUT2D eigenvalue weighted by Gasteiger charge is 2.33. The van der Waals surface area contributed by atoms with E-state index in [0.717, 1.165) is 23.1 Å². The zero-order valence-corrected chi connectivity index (χ0v) is 13.2. The van der Waals surface area contributed by atoms with Crippen LogP contribution in [0.1, 0.15) is 25.7 Å². The summed E-state index contributed by atoms with van der Waals surface area (Å²) in [5.41, 5.74) is 0. The summed E-state index contributed by atoms with van der Waals surface area (Å²) >= 11 is 3.39. The Morgan fingerprint density at radius 1 is 1.33 bits per heavy atom. The molecule has 1 saturated carbocycles. The molecule has 1 aliphatic carbocycles. The average molecular weight is 356 g/mol. The van der Waals surface area contributed by atoms with Gasteiger partial charge >= 0.3 is 5.97 Å². The second kappa shape index (κ2) is 7.45. The third-order valence-corrected chi connectivity index (χ3v) is 3.90. The van der Waals surface area contributed by atoms with E-state index in [2.05, 4.69) is 15.9 Å². The zero-order chi connectivity index (χ0) is 15.2. The highest BCUT2D eigenvalue weighted by molar-refractivity contribution is 9.10. The summed E-state index contributed by atoms with van der Waals surface area (Å²) in [6, 6.07) is 7.65. The fraction of sp³-hybridized carbons (Fsp3) is 0.467. The van der Waals surface area contributed by atoms with Crippen LogP contribution in [0.15, 0.2) is 28.7 Å². The molecular formula is C15H18BrNO4. The molecule has 1 amide bonds. The summed E-state index contributed by atoms with van der Waals surface area (Å²) in [6.07, 6.45) is 2.70. The van der Waals surface area contributed by atoms with Crippen LogP contribution in [0.25, 0.3) is 0 Å². The number of rotatable bonds is 8. The number of carbonyl (C=O) groups excluding carboxylic acids is 1. The van der Waals surface area contributed by atoms with Crippen LogP contribution in [0, 0.1) is 0 Å². The molecule has 1 N–H and O–H groups in total. The second-order valence-corrected chi connectivity index (χ2v) is 5.88. The number of aliphatic carboxylic acids is 1. The van der Waals surface area contributed by atoms with Crippen molar-refractivity contribution in [3.8, 4) is 5.75 Å². The van der Waals surface area contributed by atoms with Gasteiger partial charge in [-0.05, 0) is 47.3 Å². The molecule has 1 aromatic carbocycles. The Morgan fingerprint density at radius 3 is 2.67 bits per heavy atom. The van der Waals surface area contributed by atoms with Gasteiger partial charge in [-0.2, -0.15) is 0 Å². The first-order valence-electron chi connectivity index (χ1n) is 6.96. The summed E-state index contributed by atoms with van der Waals surface area (Å²) in [5, 5.41) is 8.84. The van der Waals surface area contributed by atoms with Gasteiger partial charge in [0.25, 0.3) is 0 Å². The Hall–Kier alpha value is -1.56. The van der Waals surface area contributed by atoms with E-state index in [4.69, 9.17) is 9.84 Å². The molecule has 0 aliphatic heterocycles. The molecule has 0 spiro atoms. The Bertz CT molecular complexity index is 516. The number of carboxylic acid groups (broad SMARTS) is 1. The summed E-state index contributed by atoms with van der Waals surface area (Å²) in [5.74, 6) is -0.315. The number of ether oxygens (including phenoxy) is 1. The topological polar surface area (TPSA) is 66.8 Å². The van der Waals surface area contributed by atoms with Crippen LogP contribution in [-0.2, 0) is 9.59 Å². The number of hydrogen-bond donors (Lipinski definition) is 1. The maximum absolute atomic E-state index is 12.0. The molecule has 2 rings (SSSR count). The minimum atomic E-state index is -0.959. The molecule has 6 heteroatoms. The normalized spacial score (nSPS) is 13.8. The lowest BCUT2D eigenvalue weighted by Gasteiger charge is -2.20. The van der Waals surface area contributed by atoms with Gasteiger partial charge in [0.15, 0.2) is 0 Å². The van der Waals surface area contributed by atoms with Crippen LogP contribution in [-0.4, -0.2) is 41.1 Å². The molecule has 1 aliphatic rings. The van der Waals surface area contributed by atoms with Crippen LogP contribution in [0.4, 0.5) is 0 Å². The van der Waals surface area contributed by atoms with Gasteiger partial charge in [0.05, 0.1) is 11.1 Å². The van der Waals surface area contributed by atoms with Gasteiger partial charge in [0, 0.05) is 12.5 Å². The molecule has 0 radical (unpaired) electrons. The molecule has 0 unspecified atom stereocenters. The quantitative estimate of drug-likeness (QED) is 0.728. The number of carbonyl (C=O) groups is 2. The Morgan fingerprint density at radius 2 is 2.05 bits per heavy atom. The molecular weight excluding hydrogens is 338 g/mol. The number of amides is 1. The van der Waals surface area contributed by atoms with Gasteiger partial charge in [0.2, 0.25) is 5.91 Å². The lowest BCUT2D eigenvalue weighted by atomic mass is 10.2. The van der Waals surface area contributed by atoms with E-state index in [1.807, 2.05) is 24.3 Å². The summed E-state index contributed by atoms with van der Waals surface area (Å²) < 4.78 is 6.47. The average Bonchev–Trinajstić information content (AvgIpc) is 3.27. The molecule has 0 aromatic heterocycles. The fourth-order valence-electron chi connectivity index (χ4n) is 2.06. The third kappa shape index (κ3) is 5.04. The van der Waals surface area contributed by atoms with Crippen LogP contribution in [0.2, 0.25) is 0 Å². The van der Waals surface area contributed by atoms with E-state index < -0.39 is 5.97 Å². The van der Waals surface area contributed by atoms with E-state index >= 15 is 0 Å². The van der Waals surface area contributed by atoms with Crippen LogP contribution >= 0.6 is 15.9 Å². The minimum absolute atomic E-state index is 0.101. The van der Waals surface area contributed by atoms with Crippen molar-refractivity contribution < 1.29 is 19.4 Å². The first-order chi connectivity index (χ1) is 10.1. The highest BCUT2D eigenvalue weighted by atomic mass is 79.9. The molecule has 5 nitrogen and oxygen atoms in total. The first kappa shape index (κ1) is 15.8. The van der Waals surface area contributed by atoms with E-state index in [1.54, 1.807) is 0 Å². The maximum Gasteiger partial charge on any atom is 0.323 e. The Labute approximate surface area is 132 Å². The molecule has 0 heterocycles. The highest BCUT2D eigenvalue weighted by Crippen LogP contribution is 2.27. The van der Waals surface area contributed by atoms with Gasteiger partial charge in [-0.3, -0.25) is 9.59 Å². The van der Waals surface area contributed by atoms with Crippen LogP contribution in [0.5, 0.6) is 5.75 Å². The van der Waals surface area contributed by atoms with Gasteiger partial charge in [-0.25, -0.2) is 0 Å². The van der Waals surface area contributed by atoms with Crippen molar-refractivity contribution in [1.29, 1.82) is 0 Å². The third-order valence-electron chi connectivity index (χ3n) is 3.24. The van der Waals surface area contributed by atoms with Gasteiger partial charge < -0.3 is 14.7 Å². The Balaban J connectivity index is 1.73. The van der Waals surface area contributed by atoms with Crippen molar-refractivity contribution in [2.24, 2.45) is 0 Å². The number of para-hydroxylation sites is 1. The smallest absolute Gasteiger partial charge is 0.323 e. The monoisotopic (exact) mass is 355 g/mol. The lowest BCUT2D eigenvalue weighted by molar-refractivity contribution is -0.145. The van der Waals surface area contributed by atoms with E-state index in [9.17, 15) is 9.59 Å². The predicted molar refractivity (Wildman–Crippen MR) is 81.2 cm³/mol. The molecule has 0 saturated heterocycles. The van der Waals surface area contributed by atoms with Gasteiger partial charge in [-0.15, -0.1) is 0 Å². The predicted octanol–water partition coefficient (Wildman–Crippen LogP) is 2.68. The lowest BCUT2D eigenvalue weighted by Crippen LogP contribution is -2.37. The zero-order valence-electron chi connectivity index (χ0n) is 11.6. The van der Waals surface area contributed by atoms with Crippen molar-refractivity contribution in [3.05, 3.63) is 28.7 Å². The van der Waals surface area contributed by atoms with E-state index in [1.165, 1.54) is 4.90 Å².